The standard InChI is InChI=1S/C12H19N5/c1-4-5-6-14-10-7-11(16-9-15-10)17-12(2,3)8-13/h7,9H,4-6H2,1-3H3,(H2,14,15,16,17). The molecule has 1 rings (SSSR count). The quantitative estimate of drug-likeness (QED) is 0.738. The highest BCUT2D eigenvalue weighted by Crippen LogP contribution is 2.14. The number of hydrogen-bond donors (Lipinski definition) is 2. The van der Waals surface area contributed by atoms with Gasteiger partial charge in [0.25, 0.3) is 0 Å². The Morgan fingerprint density at radius 3 is 2.71 bits per heavy atom. The second-order valence-corrected chi connectivity index (χ2v) is 4.43. The van der Waals surface area contributed by atoms with Gasteiger partial charge in [-0.05, 0) is 20.3 Å². The van der Waals surface area contributed by atoms with Crippen LogP contribution < -0.4 is 10.6 Å². The minimum Gasteiger partial charge on any atom is -0.370 e. The summed E-state index contributed by atoms with van der Waals surface area (Å²) >= 11 is 0. The molecule has 5 heteroatoms. The van der Waals surface area contributed by atoms with Crippen molar-refractivity contribution in [2.75, 3.05) is 17.2 Å². The van der Waals surface area contributed by atoms with Crippen molar-refractivity contribution in [3.8, 4) is 6.07 Å². The van der Waals surface area contributed by atoms with Gasteiger partial charge in [0.05, 0.1) is 6.07 Å². The average molecular weight is 233 g/mol. The van der Waals surface area contributed by atoms with Crippen LogP contribution in [0, 0.1) is 11.3 Å². The number of anilines is 2. The lowest BCUT2D eigenvalue weighted by atomic mass is 10.1. The van der Waals surface area contributed by atoms with E-state index >= 15 is 0 Å². The fraction of sp³-hybridized carbons (Fsp3) is 0.583. The van der Waals surface area contributed by atoms with Crippen LogP contribution in [0.5, 0.6) is 0 Å². The first-order valence-corrected chi connectivity index (χ1v) is 5.83. The maximum absolute atomic E-state index is 8.93. The van der Waals surface area contributed by atoms with E-state index in [1.54, 1.807) is 13.8 Å². The molecular weight excluding hydrogens is 214 g/mol. The molecule has 0 spiro atoms. The molecule has 0 amide bonds. The van der Waals surface area contributed by atoms with E-state index < -0.39 is 5.54 Å². The maximum Gasteiger partial charge on any atom is 0.132 e. The number of rotatable bonds is 6. The number of nitriles is 1. The molecule has 0 atom stereocenters. The van der Waals surface area contributed by atoms with Gasteiger partial charge in [-0.15, -0.1) is 0 Å². The Morgan fingerprint density at radius 1 is 1.35 bits per heavy atom. The fourth-order valence-electron chi connectivity index (χ4n) is 1.26. The Hall–Kier alpha value is -1.83. The van der Waals surface area contributed by atoms with Crippen molar-refractivity contribution in [3.05, 3.63) is 12.4 Å². The Bertz CT molecular complexity index is 394. The molecule has 1 aromatic rings. The van der Waals surface area contributed by atoms with Gasteiger partial charge in [-0.2, -0.15) is 5.26 Å². The van der Waals surface area contributed by atoms with Crippen LogP contribution in [-0.4, -0.2) is 22.1 Å². The summed E-state index contributed by atoms with van der Waals surface area (Å²) in [5.41, 5.74) is -0.630. The predicted octanol–water partition coefficient (Wildman–Crippen LogP) is 2.40. The van der Waals surface area contributed by atoms with Gasteiger partial charge in [-0.25, -0.2) is 9.97 Å². The van der Waals surface area contributed by atoms with Crippen molar-refractivity contribution in [1.29, 1.82) is 5.26 Å². The lowest BCUT2D eigenvalue weighted by molar-refractivity contribution is 0.722. The Kier molecular flexibility index (Phi) is 4.70. The molecule has 5 nitrogen and oxygen atoms in total. The van der Waals surface area contributed by atoms with E-state index in [0.29, 0.717) is 5.82 Å². The molecular formula is C12H19N5. The average Bonchev–Trinajstić information content (AvgIpc) is 2.29. The van der Waals surface area contributed by atoms with Crippen molar-refractivity contribution >= 4 is 11.6 Å². The highest BCUT2D eigenvalue weighted by molar-refractivity contribution is 5.48. The van der Waals surface area contributed by atoms with E-state index in [-0.39, 0.29) is 0 Å². The first-order valence-electron chi connectivity index (χ1n) is 5.83. The summed E-state index contributed by atoms with van der Waals surface area (Å²) in [6, 6.07) is 3.98. The van der Waals surface area contributed by atoms with Gasteiger partial charge >= 0.3 is 0 Å². The second kappa shape index (κ2) is 6.04. The zero-order valence-corrected chi connectivity index (χ0v) is 10.6. The highest BCUT2D eigenvalue weighted by Gasteiger charge is 2.16. The van der Waals surface area contributed by atoms with Crippen molar-refractivity contribution in [3.63, 3.8) is 0 Å². The molecule has 0 bridgehead atoms. The van der Waals surface area contributed by atoms with E-state index in [1.807, 2.05) is 6.07 Å². The van der Waals surface area contributed by atoms with Crippen molar-refractivity contribution in [2.45, 2.75) is 39.2 Å². The van der Waals surface area contributed by atoms with Gasteiger partial charge in [0.1, 0.15) is 23.5 Å². The molecule has 2 N–H and O–H groups in total. The molecule has 0 aliphatic rings. The summed E-state index contributed by atoms with van der Waals surface area (Å²) < 4.78 is 0. The molecule has 0 aliphatic heterocycles. The monoisotopic (exact) mass is 233 g/mol. The SMILES string of the molecule is CCCCNc1cc(NC(C)(C)C#N)ncn1. The van der Waals surface area contributed by atoms with E-state index in [1.165, 1.54) is 6.33 Å². The molecule has 0 aliphatic carbocycles. The van der Waals surface area contributed by atoms with Gasteiger partial charge in [-0.1, -0.05) is 13.3 Å². The summed E-state index contributed by atoms with van der Waals surface area (Å²) in [4.78, 5) is 8.21. The first-order chi connectivity index (χ1) is 8.07. The van der Waals surface area contributed by atoms with Crippen molar-refractivity contribution < 1.29 is 0 Å². The first kappa shape index (κ1) is 13.2. The molecule has 0 saturated heterocycles. The van der Waals surface area contributed by atoms with Crippen LogP contribution in [0.1, 0.15) is 33.6 Å². The van der Waals surface area contributed by atoms with Crippen LogP contribution >= 0.6 is 0 Å². The van der Waals surface area contributed by atoms with E-state index in [4.69, 9.17) is 5.26 Å². The molecule has 0 saturated carbocycles. The summed E-state index contributed by atoms with van der Waals surface area (Å²) in [5.74, 6) is 1.44. The largest absolute Gasteiger partial charge is 0.370 e. The van der Waals surface area contributed by atoms with Gasteiger partial charge in [0.15, 0.2) is 0 Å². The molecule has 1 heterocycles. The zero-order chi connectivity index (χ0) is 12.7. The number of unbranched alkanes of at least 4 members (excludes halogenated alkanes) is 1. The second-order valence-electron chi connectivity index (χ2n) is 4.43. The van der Waals surface area contributed by atoms with Crippen LogP contribution in [0.25, 0.3) is 0 Å². The maximum atomic E-state index is 8.93. The number of aromatic nitrogens is 2. The van der Waals surface area contributed by atoms with Crippen molar-refractivity contribution in [2.24, 2.45) is 0 Å². The molecule has 0 radical (unpaired) electrons. The Labute approximate surface area is 102 Å². The topological polar surface area (TPSA) is 73.6 Å². The number of nitrogens with one attached hydrogen (secondary N) is 2. The number of nitrogens with zero attached hydrogens (tertiary/aromatic N) is 3. The Morgan fingerprint density at radius 2 is 2.06 bits per heavy atom. The summed E-state index contributed by atoms with van der Waals surface area (Å²) in [5, 5.41) is 15.2. The zero-order valence-electron chi connectivity index (χ0n) is 10.6. The minimum absolute atomic E-state index is 0.630. The van der Waals surface area contributed by atoms with Gasteiger partial charge in [-0.3, -0.25) is 0 Å². The third kappa shape index (κ3) is 4.68. The predicted molar refractivity (Wildman–Crippen MR) is 68.7 cm³/mol. The van der Waals surface area contributed by atoms with Crippen LogP contribution in [0.3, 0.4) is 0 Å². The van der Waals surface area contributed by atoms with Crippen LogP contribution in [0.2, 0.25) is 0 Å². The molecule has 92 valence electrons. The van der Waals surface area contributed by atoms with Crippen LogP contribution in [0.15, 0.2) is 12.4 Å². The normalized spacial score (nSPS) is 10.7. The highest BCUT2D eigenvalue weighted by atomic mass is 15.1. The molecule has 0 aromatic carbocycles. The van der Waals surface area contributed by atoms with Crippen molar-refractivity contribution in [1.82, 2.24) is 9.97 Å². The van der Waals surface area contributed by atoms with E-state index in [2.05, 4.69) is 33.6 Å². The summed E-state index contributed by atoms with van der Waals surface area (Å²) in [6.07, 6.45) is 3.74. The lowest BCUT2D eigenvalue weighted by Crippen LogP contribution is -2.29. The summed E-state index contributed by atoms with van der Waals surface area (Å²) in [6.45, 7) is 6.65. The van der Waals surface area contributed by atoms with Gasteiger partial charge in [0, 0.05) is 12.6 Å². The lowest BCUT2D eigenvalue weighted by Gasteiger charge is -2.18. The van der Waals surface area contributed by atoms with E-state index in [9.17, 15) is 0 Å². The molecule has 17 heavy (non-hydrogen) atoms. The molecule has 1 aromatic heterocycles. The minimum atomic E-state index is -0.630. The number of hydrogen-bond acceptors (Lipinski definition) is 5. The third-order valence-electron chi connectivity index (χ3n) is 2.22. The third-order valence-corrected chi connectivity index (χ3v) is 2.22. The fourth-order valence-corrected chi connectivity index (χ4v) is 1.26. The smallest absolute Gasteiger partial charge is 0.132 e. The van der Waals surface area contributed by atoms with Crippen LogP contribution in [0.4, 0.5) is 11.6 Å². The van der Waals surface area contributed by atoms with Crippen LogP contribution in [-0.2, 0) is 0 Å². The van der Waals surface area contributed by atoms with Gasteiger partial charge < -0.3 is 10.6 Å². The molecule has 0 fully saturated rings. The summed E-state index contributed by atoms with van der Waals surface area (Å²) in [7, 11) is 0. The molecule has 0 unspecified atom stereocenters. The Balaban J connectivity index is 2.63. The van der Waals surface area contributed by atoms with E-state index in [0.717, 1.165) is 25.2 Å². The van der Waals surface area contributed by atoms with Gasteiger partial charge in [0.2, 0.25) is 0 Å².